The van der Waals surface area contributed by atoms with Crippen molar-refractivity contribution in [1.29, 1.82) is 0 Å². The Morgan fingerprint density at radius 2 is 2.17 bits per heavy atom. The Kier molecular flexibility index (Phi) is 4.32. The summed E-state index contributed by atoms with van der Waals surface area (Å²) in [4.78, 5) is 21.8. The molecule has 122 valence electrons. The van der Waals surface area contributed by atoms with Gasteiger partial charge in [-0.1, -0.05) is 0 Å². The Labute approximate surface area is 138 Å². The second-order valence-electron chi connectivity index (χ2n) is 5.87. The summed E-state index contributed by atoms with van der Waals surface area (Å²) >= 11 is 1.57. The van der Waals surface area contributed by atoms with Crippen LogP contribution in [-0.4, -0.2) is 26.3 Å². The number of hydrogen-bond acceptors (Lipinski definition) is 5. The van der Waals surface area contributed by atoms with E-state index in [4.69, 9.17) is 0 Å². The van der Waals surface area contributed by atoms with Gasteiger partial charge in [0.25, 0.3) is 5.56 Å². The number of fused-ring (bicyclic) bond motifs is 1. The Hall–Kier alpha value is -1.99. The van der Waals surface area contributed by atoms with Gasteiger partial charge in [-0.25, -0.2) is 4.98 Å². The maximum absolute atomic E-state index is 12.3. The number of hydrogen-bond donors (Lipinski definition) is 2. The van der Waals surface area contributed by atoms with Crippen LogP contribution in [0.25, 0.3) is 10.2 Å². The van der Waals surface area contributed by atoms with Crippen molar-refractivity contribution >= 4 is 21.6 Å². The lowest BCUT2D eigenvalue weighted by Gasteiger charge is -2.13. The van der Waals surface area contributed by atoms with E-state index in [9.17, 15) is 4.79 Å². The van der Waals surface area contributed by atoms with E-state index in [0.29, 0.717) is 5.82 Å². The van der Waals surface area contributed by atoms with Crippen molar-refractivity contribution in [2.45, 2.75) is 40.3 Å². The molecule has 1 atom stereocenters. The van der Waals surface area contributed by atoms with E-state index in [1.165, 1.54) is 0 Å². The van der Waals surface area contributed by atoms with Crippen molar-refractivity contribution < 1.29 is 0 Å². The lowest BCUT2D eigenvalue weighted by Crippen LogP contribution is -2.26. The summed E-state index contributed by atoms with van der Waals surface area (Å²) in [7, 11) is 0. The van der Waals surface area contributed by atoms with Gasteiger partial charge in [0.1, 0.15) is 10.7 Å². The van der Waals surface area contributed by atoms with Crippen LogP contribution < -0.4 is 10.9 Å². The molecule has 2 N–H and O–H groups in total. The zero-order chi connectivity index (χ0) is 16.6. The van der Waals surface area contributed by atoms with Gasteiger partial charge in [0, 0.05) is 17.6 Å². The molecule has 0 saturated heterocycles. The van der Waals surface area contributed by atoms with Gasteiger partial charge in [0.05, 0.1) is 24.2 Å². The molecule has 0 aliphatic heterocycles. The van der Waals surface area contributed by atoms with Crippen molar-refractivity contribution in [3.8, 4) is 0 Å². The van der Waals surface area contributed by atoms with Crippen molar-refractivity contribution in [3.05, 3.63) is 44.6 Å². The molecule has 0 bridgehead atoms. The van der Waals surface area contributed by atoms with Crippen LogP contribution in [-0.2, 0) is 6.54 Å². The Morgan fingerprint density at radius 1 is 1.39 bits per heavy atom. The average molecular weight is 331 g/mol. The first-order chi connectivity index (χ1) is 11.0. The summed E-state index contributed by atoms with van der Waals surface area (Å²) in [5, 5.41) is 8.36. The molecule has 3 aromatic heterocycles. The van der Waals surface area contributed by atoms with Crippen molar-refractivity contribution in [2.75, 3.05) is 6.54 Å². The minimum atomic E-state index is -0.0526. The van der Waals surface area contributed by atoms with Crippen LogP contribution in [0.2, 0.25) is 0 Å². The van der Waals surface area contributed by atoms with Crippen LogP contribution in [0.1, 0.15) is 34.8 Å². The summed E-state index contributed by atoms with van der Waals surface area (Å²) in [6.45, 7) is 9.56. The van der Waals surface area contributed by atoms with E-state index in [1.807, 2.05) is 44.8 Å². The van der Waals surface area contributed by atoms with Crippen LogP contribution in [0.5, 0.6) is 0 Å². The van der Waals surface area contributed by atoms with Crippen LogP contribution in [0, 0.1) is 20.8 Å². The number of thiophene rings is 1. The van der Waals surface area contributed by atoms with E-state index in [2.05, 4.69) is 20.4 Å². The highest BCUT2D eigenvalue weighted by Gasteiger charge is 2.14. The van der Waals surface area contributed by atoms with Gasteiger partial charge >= 0.3 is 0 Å². The second kappa shape index (κ2) is 6.25. The molecule has 0 fully saturated rings. The zero-order valence-corrected chi connectivity index (χ0v) is 14.6. The number of H-pyrrole nitrogens is 1. The molecule has 0 aliphatic carbocycles. The fourth-order valence-electron chi connectivity index (χ4n) is 2.56. The third kappa shape index (κ3) is 3.20. The minimum absolute atomic E-state index is 0.0218. The molecule has 0 aromatic carbocycles. The monoisotopic (exact) mass is 331 g/mol. The van der Waals surface area contributed by atoms with E-state index in [1.54, 1.807) is 11.3 Å². The largest absolute Gasteiger partial charge is 0.309 e. The van der Waals surface area contributed by atoms with Crippen LogP contribution in [0.4, 0.5) is 0 Å². The number of aromatic nitrogens is 4. The highest BCUT2D eigenvalue weighted by molar-refractivity contribution is 7.18. The number of nitrogens with one attached hydrogen (secondary N) is 2. The van der Waals surface area contributed by atoms with Crippen LogP contribution in [0.3, 0.4) is 0 Å². The highest BCUT2D eigenvalue weighted by Crippen LogP contribution is 2.26. The smallest absolute Gasteiger partial charge is 0.259 e. The fourth-order valence-corrected chi connectivity index (χ4v) is 3.59. The maximum atomic E-state index is 12.3. The predicted octanol–water partition coefficient (Wildman–Crippen LogP) is 2.46. The number of rotatable bonds is 5. The molecule has 0 saturated carbocycles. The molecule has 3 rings (SSSR count). The molecule has 0 radical (unpaired) electrons. The topological polar surface area (TPSA) is 75.6 Å². The quantitative estimate of drug-likeness (QED) is 0.753. The van der Waals surface area contributed by atoms with Gasteiger partial charge in [-0.2, -0.15) is 5.10 Å². The van der Waals surface area contributed by atoms with Gasteiger partial charge in [-0.15, -0.1) is 11.3 Å². The Bertz CT molecular complexity index is 892. The molecule has 7 heteroatoms. The van der Waals surface area contributed by atoms with Gasteiger partial charge < -0.3 is 10.3 Å². The summed E-state index contributed by atoms with van der Waals surface area (Å²) in [6.07, 6.45) is 3.85. The second-order valence-corrected chi connectivity index (χ2v) is 7.07. The zero-order valence-electron chi connectivity index (χ0n) is 13.8. The first kappa shape index (κ1) is 15.9. The summed E-state index contributed by atoms with van der Waals surface area (Å²) < 4.78 is 1.90. The summed E-state index contributed by atoms with van der Waals surface area (Å²) in [6, 6.07) is -0.0218. The minimum Gasteiger partial charge on any atom is -0.309 e. The third-order valence-corrected chi connectivity index (χ3v) is 5.12. The van der Waals surface area contributed by atoms with E-state index >= 15 is 0 Å². The molecule has 0 amide bonds. The number of aryl methyl sites for hydroxylation is 3. The Balaban J connectivity index is 1.73. The van der Waals surface area contributed by atoms with Gasteiger partial charge in [-0.3, -0.25) is 9.48 Å². The van der Waals surface area contributed by atoms with E-state index in [-0.39, 0.29) is 11.6 Å². The van der Waals surface area contributed by atoms with Crippen molar-refractivity contribution in [3.63, 3.8) is 0 Å². The molecular weight excluding hydrogens is 310 g/mol. The first-order valence-electron chi connectivity index (χ1n) is 7.68. The lowest BCUT2D eigenvalue weighted by atomic mass is 10.2. The standard InChI is InChI=1S/C16H21N5OS/c1-9-7-18-21(8-9)6-5-17-11(3)14-19-15(22)13-10(2)12(4)23-16(13)20-14/h7-8,11,17H,5-6H2,1-4H3,(H,19,20,22)/t11-/m1/s1. The number of nitrogens with zero attached hydrogens (tertiary/aromatic N) is 3. The average Bonchev–Trinajstić information content (AvgIpc) is 3.03. The number of aromatic amines is 1. The Morgan fingerprint density at radius 3 is 2.87 bits per heavy atom. The molecule has 0 spiro atoms. The SMILES string of the molecule is Cc1cnn(CCN[C@H](C)c2nc3sc(C)c(C)c3c(=O)[nH]2)c1. The van der Waals surface area contributed by atoms with Gasteiger partial charge in [0.2, 0.25) is 0 Å². The van der Waals surface area contributed by atoms with Gasteiger partial charge in [-0.05, 0) is 38.8 Å². The van der Waals surface area contributed by atoms with Crippen LogP contribution >= 0.6 is 11.3 Å². The molecular formula is C16H21N5OS. The molecule has 23 heavy (non-hydrogen) atoms. The molecule has 0 aliphatic rings. The molecule has 3 aromatic rings. The van der Waals surface area contributed by atoms with Crippen LogP contribution in [0.15, 0.2) is 17.2 Å². The molecule has 6 nitrogen and oxygen atoms in total. The molecule has 3 heterocycles. The summed E-state index contributed by atoms with van der Waals surface area (Å²) in [5.74, 6) is 0.681. The first-order valence-corrected chi connectivity index (χ1v) is 8.49. The fraction of sp³-hybridized carbons (Fsp3) is 0.438. The van der Waals surface area contributed by atoms with Gasteiger partial charge in [0.15, 0.2) is 0 Å². The third-order valence-electron chi connectivity index (χ3n) is 4.02. The van der Waals surface area contributed by atoms with E-state index < -0.39 is 0 Å². The lowest BCUT2D eigenvalue weighted by molar-refractivity contribution is 0.493. The van der Waals surface area contributed by atoms with Crippen molar-refractivity contribution in [2.24, 2.45) is 0 Å². The highest BCUT2D eigenvalue weighted by atomic mass is 32.1. The van der Waals surface area contributed by atoms with E-state index in [0.717, 1.165) is 39.3 Å². The maximum Gasteiger partial charge on any atom is 0.259 e. The van der Waals surface area contributed by atoms with Crippen molar-refractivity contribution in [1.82, 2.24) is 25.1 Å². The normalized spacial score (nSPS) is 12.9. The summed E-state index contributed by atoms with van der Waals surface area (Å²) in [5.41, 5.74) is 2.13. The predicted molar refractivity (Wildman–Crippen MR) is 93.1 cm³/mol. The molecule has 0 unspecified atom stereocenters.